The van der Waals surface area contributed by atoms with E-state index in [2.05, 4.69) is 0 Å². The Bertz CT molecular complexity index is 596. The summed E-state index contributed by atoms with van der Waals surface area (Å²) < 4.78 is 0. The number of aliphatic carboxylic acids is 1. The molecule has 20 heavy (non-hydrogen) atoms. The first kappa shape index (κ1) is 14.1. The zero-order valence-electron chi connectivity index (χ0n) is 11.0. The van der Waals surface area contributed by atoms with Crippen molar-refractivity contribution in [2.45, 2.75) is 18.9 Å². The standard InChI is InChI=1S/C16H17NO3/c17-14(16(19)20)10-12-6-7-15(18)13(9-12)8-11-4-2-1-3-5-11/h1-7,9,14,18H,8,10,17H2,(H,19,20). The topological polar surface area (TPSA) is 83.5 Å². The molecule has 0 aromatic heterocycles. The van der Waals surface area contributed by atoms with Gasteiger partial charge in [-0.2, -0.15) is 0 Å². The summed E-state index contributed by atoms with van der Waals surface area (Å²) >= 11 is 0. The first-order valence-corrected chi connectivity index (χ1v) is 6.39. The molecule has 104 valence electrons. The smallest absolute Gasteiger partial charge is 0.320 e. The van der Waals surface area contributed by atoms with Crippen LogP contribution in [0.3, 0.4) is 0 Å². The Morgan fingerprint density at radius 2 is 1.80 bits per heavy atom. The van der Waals surface area contributed by atoms with Gasteiger partial charge in [-0.25, -0.2) is 0 Å². The van der Waals surface area contributed by atoms with Gasteiger partial charge in [0.1, 0.15) is 11.8 Å². The van der Waals surface area contributed by atoms with Crippen molar-refractivity contribution in [1.82, 2.24) is 0 Å². The SMILES string of the molecule is NC(Cc1ccc(O)c(Cc2ccccc2)c1)C(=O)O. The van der Waals surface area contributed by atoms with Crippen LogP contribution < -0.4 is 5.73 Å². The summed E-state index contributed by atoms with van der Waals surface area (Å²) in [5.41, 5.74) is 8.19. The van der Waals surface area contributed by atoms with E-state index in [-0.39, 0.29) is 12.2 Å². The predicted octanol–water partition coefficient (Wildman–Crippen LogP) is 1.94. The van der Waals surface area contributed by atoms with Crippen LogP contribution in [0.5, 0.6) is 5.75 Å². The van der Waals surface area contributed by atoms with Crippen LogP contribution in [-0.2, 0) is 17.6 Å². The summed E-state index contributed by atoms with van der Waals surface area (Å²) in [6.45, 7) is 0. The molecule has 4 nitrogen and oxygen atoms in total. The van der Waals surface area contributed by atoms with E-state index in [1.807, 2.05) is 36.4 Å². The van der Waals surface area contributed by atoms with Crippen LogP contribution in [0.4, 0.5) is 0 Å². The van der Waals surface area contributed by atoms with Crippen LogP contribution in [0.2, 0.25) is 0 Å². The van der Waals surface area contributed by atoms with Gasteiger partial charge in [0, 0.05) is 6.42 Å². The molecule has 2 aromatic carbocycles. The Kier molecular flexibility index (Phi) is 4.38. The molecule has 0 radical (unpaired) electrons. The number of benzene rings is 2. The maximum Gasteiger partial charge on any atom is 0.320 e. The second kappa shape index (κ2) is 6.21. The number of carbonyl (C=O) groups is 1. The molecule has 4 N–H and O–H groups in total. The molecule has 0 saturated heterocycles. The van der Waals surface area contributed by atoms with Crippen LogP contribution >= 0.6 is 0 Å². The lowest BCUT2D eigenvalue weighted by Crippen LogP contribution is -2.32. The molecule has 0 heterocycles. The summed E-state index contributed by atoms with van der Waals surface area (Å²) in [6, 6.07) is 14.0. The Morgan fingerprint density at radius 3 is 2.45 bits per heavy atom. The number of carboxylic acid groups (broad SMARTS) is 1. The van der Waals surface area contributed by atoms with Crippen LogP contribution in [0.15, 0.2) is 48.5 Å². The van der Waals surface area contributed by atoms with E-state index in [1.54, 1.807) is 12.1 Å². The quantitative estimate of drug-likeness (QED) is 0.776. The van der Waals surface area contributed by atoms with E-state index in [9.17, 15) is 9.90 Å². The van der Waals surface area contributed by atoms with Crippen molar-refractivity contribution >= 4 is 5.97 Å². The first-order valence-electron chi connectivity index (χ1n) is 6.39. The van der Waals surface area contributed by atoms with E-state index in [4.69, 9.17) is 10.8 Å². The number of hydrogen-bond acceptors (Lipinski definition) is 3. The first-order chi connectivity index (χ1) is 9.56. The maximum atomic E-state index is 10.8. The van der Waals surface area contributed by atoms with Gasteiger partial charge < -0.3 is 15.9 Å². The zero-order valence-corrected chi connectivity index (χ0v) is 11.0. The molecule has 0 saturated carbocycles. The van der Waals surface area contributed by atoms with E-state index in [0.29, 0.717) is 6.42 Å². The van der Waals surface area contributed by atoms with Gasteiger partial charge in [0.2, 0.25) is 0 Å². The number of rotatable bonds is 5. The molecule has 0 fully saturated rings. The number of phenols is 1. The van der Waals surface area contributed by atoms with Crippen molar-refractivity contribution in [3.8, 4) is 5.75 Å². The van der Waals surface area contributed by atoms with Gasteiger partial charge in [0.05, 0.1) is 0 Å². The number of nitrogens with two attached hydrogens (primary N) is 1. The molecule has 2 aromatic rings. The third-order valence-corrected chi connectivity index (χ3v) is 3.15. The molecule has 4 heteroatoms. The zero-order chi connectivity index (χ0) is 14.5. The van der Waals surface area contributed by atoms with Gasteiger partial charge in [-0.15, -0.1) is 0 Å². The number of carboxylic acids is 1. The van der Waals surface area contributed by atoms with Crippen LogP contribution in [0, 0.1) is 0 Å². The number of phenolic OH excluding ortho intramolecular Hbond substituents is 1. The van der Waals surface area contributed by atoms with Crippen LogP contribution in [0.25, 0.3) is 0 Å². The minimum atomic E-state index is -1.03. The summed E-state index contributed by atoms with van der Waals surface area (Å²) in [4.78, 5) is 10.8. The maximum absolute atomic E-state index is 10.8. The fourth-order valence-electron chi connectivity index (χ4n) is 2.06. The van der Waals surface area contributed by atoms with Gasteiger partial charge in [-0.3, -0.25) is 4.79 Å². The summed E-state index contributed by atoms with van der Waals surface area (Å²) in [5, 5.41) is 18.7. The number of aromatic hydroxyl groups is 1. The molecule has 2 rings (SSSR count). The van der Waals surface area contributed by atoms with E-state index in [0.717, 1.165) is 16.7 Å². The normalized spacial score (nSPS) is 12.1. The molecular weight excluding hydrogens is 254 g/mol. The monoisotopic (exact) mass is 271 g/mol. The van der Waals surface area contributed by atoms with Crippen LogP contribution in [0.1, 0.15) is 16.7 Å². The van der Waals surface area contributed by atoms with Crippen molar-refractivity contribution in [3.63, 3.8) is 0 Å². The highest BCUT2D eigenvalue weighted by atomic mass is 16.4. The molecule has 0 bridgehead atoms. The lowest BCUT2D eigenvalue weighted by molar-refractivity contribution is -0.138. The van der Waals surface area contributed by atoms with Gasteiger partial charge in [-0.05, 0) is 29.2 Å². The Morgan fingerprint density at radius 1 is 1.10 bits per heavy atom. The van der Waals surface area contributed by atoms with Crippen molar-refractivity contribution in [2.24, 2.45) is 5.73 Å². The van der Waals surface area contributed by atoms with Crippen molar-refractivity contribution in [3.05, 3.63) is 65.2 Å². The molecule has 0 aliphatic heterocycles. The second-order valence-corrected chi connectivity index (χ2v) is 4.77. The number of hydrogen-bond donors (Lipinski definition) is 3. The molecule has 0 aliphatic rings. The molecule has 0 amide bonds. The predicted molar refractivity (Wildman–Crippen MR) is 76.7 cm³/mol. The second-order valence-electron chi connectivity index (χ2n) is 4.77. The lowest BCUT2D eigenvalue weighted by atomic mass is 9.99. The summed E-state index contributed by atoms with van der Waals surface area (Å²) in [5.74, 6) is -0.816. The van der Waals surface area contributed by atoms with E-state index in [1.165, 1.54) is 0 Å². The van der Waals surface area contributed by atoms with E-state index < -0.39 is 12.0 Å². The average Bonchev–Trinajstić information content (AvgIpc) is 2.43. The third-order valence-electron chi connectivity index (χ3n) is 3.15. The Balaban J connectivity index is 2.19. The third kappa shape index (κ3) is 3.59. The van der Waals surface area contributed by atoms with Crippen molar-refractivity contribution in [2.75, 3.05) is 0 Å². The van der Waals surface area contributed by atoms with Gasteiger partial charge in [-0.1, -0.05) is 42.5 Å². The van der Waals surface area contributed by atoms with Crippen molar-refractivity contribution in [1.29, 1.82) is 0 Å². The molecule has 1 atom stereocenters. The molecule has 0 aliphatic carbocycles. The fourth-order valence-corrected chi connectivity index (χ4v) is 2.06. The van der Waals surface area contributed by atoms with Crippen LogP contribution in [-0.4, -0.2) is 22.2 Å². The molecule has 0 spiro atoms. The Hall–Kier alpha value is -2.33. The fraction of sp³-hybridized carbons (Fsp3) is 0.188. The highest BCUT2D eigenvalue weighted by Gasteiger charge is 2.13. The summed E-state index contributed by atoms with van der Waals surface area (Å²) in [6.07, 6.45) is 0.847. The van der Waals surface area contributed by atoms with Gasteiger partial charge >= 0.3 is 5.97 Å². The highest BCUT2D eigenvalue weighted by Crippen LogP contribution is 2.22. The van der Waals surface area contributed by atoms with Gasteiger partial charge in [0.25, 0.3) is 0 Å². The summed E-state index contributed by atoms with van der Waals surface area (Å²) in [7, 11) is 0. The average molecular weight is 271 g/mol. The van der Waals surface area contributed by atoms with E-state index >= 15 is 0 Å². The molecule has 1 unspecified atom stereocenters. The molecular formula is C16H17NO3. The minimum absolute atomic E-state index is 0.210. The minimum Gasteiger partial charge on any atom is -0.508 e. The Labute approximate surface area is 117 Å². The van der Waals surface area contributed by atoms with Crippen molar-refractivity contribution < 1.29 is 15.0 Å². The highest BCUT2D eigenvalue weighted by molar-refractivity contribution is 5.73. The largest absolute Gasteiger partial charge is 0.508 e. The lowest BCUT2D eigenvalue weighted by Gasteiger charge is -2.10. The van der Waals surface area contributed by atoms with Gasteiger partial charge in [0.15, 0.2) is 0 Å².